The Morgan fingerprint density at radius 1 is 1.38 bits per heavy atom. The summed E-state index contributed by atoms with van der Waals surface area (Å²) in [6.07, 6.45) is 2.10. The molecule has 0 aromatic heterocycles. The number of nitrogens with zero attached hydrogens (tertiary/aromatic N) is 1. The number of piperidine rings is 1. The van der Waals surface area contributed by atoms with E-state index in [9.17, 15) is 0 Å². The van der Waals surface area contributed by atoms with E-state index in [1.807, 2.05) is 0 Å². The van der Waals surface area contributed by atoms with Crippen LogP contribution in [0.3, 0.4) is 0 Å². The molecule has 0 atom stereocenters. The van der Waals surface area contributed by atoms with E-state index in [0.29, 0.717) is 13.5 Å². The molecule has 0 aliphatic carbocycles. The fourth-order valence-corrected chi connectivity index (χ4v) is 1.80. The van der Waals surface area contributed by atoms with Crippen molar-refractivity contribution in [3.05, 3.63) is 0 Å². The van der Waals surface area contributed by atoms with Crippen LogP contribution in [-0.4, -0.2) is 37.3 Å². The highest BCUT2D eigenvalue weighted by Crippen LogP contribution is 2.29. The highest BCUT2D eigenvalue weighted by Gasteiger charge is 2.44. The average Bonchev–Trinajstić information content (AvgIpc) is 2.51. The van der Waals surface area contributed by atoms with Crippen molar-refractivity contribution in [1.29, 1.82) is 0 Å². The molecule has 0 saturated carbocycles. The monoisotopic (exact) mass is 184 g/mol. The third kappa shape index (κ3) is 1.88. The van der Waals surface area contributed by atoms with Crippen LogP contribution in [0.1, 0.15) is 26.7 Å². The van der Waals surface area contributed by atoms with Crippen molar-refractivity contribution >= 4 is 7.48 Å². The van der Waals surface area contributed by atoms with Crippen LogP contribution in [0.2, 0.25) is 0 Å². The summed E-state index contributed by atoms with van der Waals surface area (Å²) < 4.78 is 5.49. The molecule has 2 aliphatic heterocycles. The van der Waals surface area contributed by atoms with Gasteiger partial charge in [-0.25, -0.2) is 0 Å². The van der Waals surface area contributed by atoms with E-state index in [4.69, 9.17) is 9.59 Å². The third-order valence-electron chi connectivity index (χ3n) is 2.67. The van der Waals surface area contributed by atoms with Gasteiger partial charge in [-0.15, -0.1) is 0 Å². The van der Waals surface area contributed by atoms with Crippen molar-refractivity contribution in [3.63, 3.8) is 0 Å². The van der Waals surface area contributed by atoms with Gasteiger partial charge in [0.05, 0.1) is 6.04 Å². The summed E-state index contributed by atoms with van der Waals surface area (Å²) in [6.45, 7) is 6.21. The predicted octanol–water partition coefficient (Wildman–Crippen LogP) is 0.00480. The Morgan fingerprint density at radius 3 is 2.62 bits per heavy atom. The minimum atomic E-state index is -0.0322. The molecule has 0 unspecified atom stereocenters. The van der Waals surface area contributed by atoms with Crippen LogP contribution in [0, 0.1) is 0 Å². The number of hydrogen-bond donors (Lipinski definition) is 1. The van der Waals surface area contributed by atoms with Gasteiger partial charge in [-0.2, -0.15) is 0 Å². The lowest BCUT2D eigenvalue weighted by molar-refractivity contribution is -0.332. The Bertz CT molecular complexity index is 183. The average molecular weight is 184 g/mol. The van der Waals surface area contributed by atoms with Gasteiger partial charge in [0.25, 0.3) is 0 Å². The zero-order valence-corrected chi connectivity index (χ0v) is 8.38. The summed E-state index contributed by atoms with van der Waals surface area (Å²) in [7, 11) is 0.715. The van der Waals surface area contributed by atoms with Gasteiger partial charge >= 0.3 is 7.48 Å². The predicted molar refractivity (Wildman–Crippen MR) is 51.1 cm³/mol. The maximum absolute atomic E-state index is 5.82. The summed E-state index contributed by atoms with van der Waals surface area (Å²) in [5.74, 6) is 0. The topological polar surface area (TPSA) is 33.7 Å². The van der Waals surface area contributed by atoms with Crippen molar-refractivity contribution in [2.24, 2.45) is 0 Å². The highest BCUT2D eigenvalue weighted by molar-refractivity contribution is 6.32. The van der Waals surface area contributed by atoms with Crippen LogP contribution in [0.5, 0.6) is 0 Å². The minimum absolute atomic E-state index is 0.0322. The molecule has 2 heterocycles. The smallest absolute Gasteiger partial charge is 0.340 e. The molecule has 2 fully saturated rings. The van der Waals surface area contributed by atoms with Crippen molar-refractivity contribution in [2.75, 3.05) is 13.1 Å². The van der Waals surface area contributed by atoms with Gasteiger partial charge < -0.3 is 10.1 Å². The first-order valence-electron chi connectivity index (χ1n) is 5.04. The molecule has 5 heteroatoms. The molecule has 1 N–H and O–H groups in total. The maximum atomic E-state index is 5.82. The quantitative estimate of drug-likeness (QED) is 0.582. The first-order valence-corrected chi connectivity index (χ1v) is 5.04. The second-order valence-corrected chi connectivity index (χ2v) is 4.18. The Labute approximate surface area is 79.7 Å². The minimum Gasteiger partial charge on any atom is -0.340 e. The Hall–Kier alpha value is -0.0951. The summed E-state index contributed by atoms with van der Waals surface area (Å²) >= 11 is 0. The van der Waals surface area contributed by atoms with Gasteiger partial charge in [0, 0.05) is 0 Å². The largest absolute Gasteiger partial charge is 0.342 e. The van der Waals surface area contributed by atoms with Crippen molar-refractivity contribution in [2.45, 2.75) is 38.2 Å². The molecule has 0 radical (unpaired) electrons. The normalized spacial score (nSPS) is 28.2. The fraction of sp³-hybridized carbons (Fsp3) is 1.00. The molecule has 0 aromatic carbocycles. The SMILES string of the molecule is CC(C)N1OBC2(CCNCC2)O1. The van der Waals surface area contributed by atoms with Gasteiger partial charge in [-0.3, -0.25) is 4.84 Å². The Morgan fingerprint density at radius 2 is 2.08 bits per heavy atom. The molecule has 4 nitrogen and oxygen atoms in total. The van der Waals surface area contributed by atoms with Crippen LogP contribution in [0.25, 0.3) is 0 Å². The molecule has 74 valence electrons. The molecule has 2 rings (SSSR count). The highest BCUT2D eigenvalue weighted by atomic mass is 17.0. The van der Waals surface area contributed by atoms with Gasteiger partial charge in [-0.1, -0.05) is 5.23 Å². The molecule has 0 aromatic rings. The number of hydrogen-bond acceptors (Lipinski definition) is 4. The van der Waals surface area contributed by atoms with Crippen LogP contribution in [0.4, 0.5) is 0 Å². The molecular weight excluding hydrogens is 167 g/mol. The number of nitrogens with one attached hydrogen (secondary N) is 1. The van der Waals surface area contributed by atoms with Crippen LogP contribution in [0.15, 0.2) is 0 Å². The second-order valence-electron chi connectivity index (χ2n) is 4.18. The summed E-state index contributed by atoms with van der Waals surface area (Å²) in [6, 6.07) is 0.300. The van der Waals surface area contributed by atoms with E-state index in [0.717, 1.165) is 25.9 Å². The van der Waals surface area contributed by atoms with Crippen molar-refractivity contribution < 1.29 is 9.59 Å². The van der Waals surface area contributed by atoms with Gasteiger partial charge in [-0.05, 0) is 39.8 Å². The van der Waals surface area contributed by atoms with E-state index in [1.54, 1.807) is 5.23 Å². The zero-order chi connectivity index (χ0) is 9.31. The van der Waals surface area contributed by atoms with Gasteiger partial charge in [0.2, 0.25) is 0 Å². The van der Waals surface area contributed by atoms with E-state index >= 15 is 0 Å². The lowest BCUT2D eigenvalue weighted by Crippen LogP contribution is -2.46. The first-order chi connectivity index (χ1) is 6.22. The molecular formula is C8H17BN2O2. The van der Waals surface area contributed by atoms with Crippen LogP contribution >= 0.6 is 0 Å². The first kappa shape index (κ1) is 9.46. The van der Waals surface area contributed by atoms with Crippen LogP contribution < -0.4 is 5.32 Å². The summed E-state index contributed by atoms with van der Waals surface area (Å²) in [4.78, 5) is 5.82. The molecule has 0 amide bonds. The second kappa shape index (κ2) is 3.57. The Balaban J connectivity index is 1.94. The van der Waals surface area contributed by atoms with Gasteiger partial charge in [0.1, 0.15) is 5.50 Å². The fourth-order valence-electron chi connectivity index (χ4n) is 1.80. The number of rotatable bonds is 1. The van der Waals surface area contributed by atoms with E-state index in [1.165, 1.54) is 0 Å². The maximum Gasteiger partial charge on any atom is 0.342 e. The zero-order valence-electron chi connectivity index (χ0n) is 8.38. The molecule has 1 spiro atoms. The van der Waals surface area contributed by atoms with Crippen LogP contribution in [-0.2, 0) is 9.59 Å². The molecule has 13 heavy (non-hydrogen) atoms. The van der Waals surface area contributed by atoms with E-state index in [2.05, 4.69) is 19.2 Å². The molecule has 0 bridgehead atoms. The van der Waals surface area contributed by atoms with E-state index in [-0.39, 0.29) is 5.50 Å². The summed E-state index contributed by atoms with van der Waals surface area (Å²) in [5, 5.41) is 4.97. The van der Waals surface area contributed by atoms with Crippen molar-refractivity contribution in [3.8, 4) is 0 Å². The Kier molecular flexibility index (Phi) is 2.60. The number of hydroxylamine groups is 2. The molecule has 2 saturated heterocycles. The lowest BCUT2D eigenvalue weighted by atomic mass is 9.69. The molecule has 2 aliphatic rings. The van der Waals surface area contributed by atoms with Crippen molar-refractivity contribution in [1.82, 2.24) is 10.5 Å². The standard InChI is InChI=1S/C8H17BN2O2/c1-7(2)11-12-8(9-13-11)3-5-10-6-4-8/h7,9-10H,3-6H2,1-2H3. The summed E-state index contributed by atoms with van der Waals surface area (Å²) in [5.41, 5.74) is -0.0322. The third-order valence-corrected chi connectivity index (χ3v) is 2.67. The lowest BCUT2D eigenvalue weighted by Gasteiger charge is -2.31. The van der Waals surface area contributed by atoms with Gasteiger partial charge in [0.15, 0.2) is 0 Å². The van der Waals surface area contributed by atoms with E-state index < -0.39 is 0 Å².